The molecule has 0 aliphatic rings. The zero-order valence-electron chi connectivity index (χ0n) is 9.27. The molecule has 0 fully saturated rings. The molecule has 0 aliphatic heterocycles. The first-order valence-electron chi connectivity index (χ1n) is 5.02. The molecule has 2 aromatic rings. The number of nitrogens with one attached hydrogen (secondary N) is 1. The van der Waals surface area contributed by atoms with E-state index in [0.29, 0.717) is 17.3 Å². The highest BCUT2D eigenvalue weighted by Gasteiger charge is 2.06. The van der Waals surface area contributed by atoms with E-state index < -0.39 is 5.82 Å². The minimum atomic E-state index is -0.393. The molecule has 0 saturated heterocycles. The number of nitrogens with two attached hydrogens (primary N) is 1. The van der Waals surface area contributed by atoms with Crippen LogP contribution in [0.1, 0.15) is 0 Å². The summed E-state index contributed by atoms with van der Waals surface area (Å²) in [4.78, 5) is 4.03. The lowest BCUT2D eigenvalue weighted by atomic mass is 10.2. The van der Waals surface area contributed by atoms with E-state index in [1.807, 2.05) is 0 Å². The third kappa shape index (κ3) is 2.44. The summed E-state index contributed by atoms with van der Waals surface area (Å²) in [6.45, 7) is 0. The summed E-state index contributed by atoms with van der Waals surface area (Å²) < 4.78 is 18.6. The molecule has 0 radical (unpaired) electrons. The van der Waals surface area contributed by atoms with Crippen LogP contribution in [0.25, 0.3) is 0 Å². The average Bonchev–Trinajstić information content (AvgIpc) is 2.35. The molecule has 0 bridgehead atoms. The Kier molecular flexibility index (Phi) is 3.09. The standard InChI is InChI=1S/C12H12FN3O/c1-17-8-4-5-9(13)11(7-8)16-12-10(14)3-2-6-15-12/h2-7H,14H2,1H3,(H,15,16). The molecule has 4 nitrogen and oxygen atoms in total. The van der Waals surface area contributed by atoms with Crippen LogP contribution in [0.4, 0.5) is 21.6 Å². The van der Waals surface area contributed by atoms with E-state index in [9.17, 15) is 4.39 Å². The number of rotatable bonds is 3. The first-order chi connectivity index (χ1) is 8.20. The lowest BCUT2D eigenvalue weighted by Crippen LogP contribution is -2.00. The first kappa shape index (κ1) is 11.2. The van der Waals surface area contributed by atoms with Gasteiger partial charge in [-0.2, -0.15) is 0 Å². The molecule has 0 atom stereocenters. The van der Waals surface area contributed by atoms with Crippen molar-refractivity contribution in [3.05, 3.63) is 42.3 Å². The van der Waals surface area contributed by atoms with Crippen LogP contribution >= 0.6 is 0 Å². The van der Waals surface area contributed by atoms with Gasteiger partial charge in [0.05, 0.1) is 18.5 Å². The summed E-state index contributed by atoms with van der Waals surface area (Å²) >= 11 is 0. The zero-order valence-corrected chi connectivity index (χ0v) is 9.27. The van der Waals surface area contributed by atoms with Crippen molar-refractivity contribution in [3.63, 3.8) is 0 Å². The van der Waals surface area contributed by atoms with Crippen LogP contribution in [0.3, 0.4) is 0 Å². The molecule has 0 amide bonds. The van der Waals surface area contributed by atoms with Crippen molar-refractivity contribution in [2.45, 2.75) is 0 Å². The molecule has 0 unspecified atom stereocenters. The van der Waals surface area contributed by atoms with E-state index in [4.69, 9.17) is 10.5 Å². The van der Waals surface area contributed by atoms with Gasteiger partial charge in [0.2, 0.25) is 0 Å². The van der Waals surface area contributed by atoms with Crippen molar-refractivity contribution in [3.8, 4) is 5.75 Å². The van der Waals surface area contributed by atoms with Crippen LogP contribution in [-0.2, 0) is 0 Å². The van der Waals surface area contributed by atoms with Gasteiger partial charge in [0.1, 0.15) is 11.6 Å². The van der Waals surface area contributed by atoms with E-state index in [0.717, 1.165) is 0 Å². The maximum atomic E-state index is 13.5. The van der Waals surface area contributed by atoms with Crippen molar-refractivity contribution in [2.75, 3.05) is 18.2 Å². The molecule has 88 valence electrons. The van der Waals surface area contributed by atoms with Crippen molar-refractivity contribution in [2.24, 2.45) is 0 Å². The third-order valence-electron chi connectivity index (χ3n) is 2.27. The maximum Gasteiger partial charge on any atom is 0.153 e. The lowest BCUT2D eigenvalue weighted by Gasteiger charge is -2.10. The number of pyridine rings is 1. The monoisotopic (exact) mass is 233 g/mol. The Hall–Kier alpha value is -2.30. The minimum absolute atomic E-state index is 0.273. The molecule has 1 heterocycles. The van der Waals surface area contributed by atoms with Gasteiger partial charge in [0.25, 0.3) is 0 Å². The van der Waals surface area contributed by atoms with Crippen LogP contribution < -0.4 is 15.8 Å². The molecular formula is C12H12FN3O. The van der Waals surface area contributed by atoms with Gasteiger partial charge in [0, 0.05) is 12.3 Å². The fourth-order valence-corrected chi connectivity index (χ4v) is 1.38. The van der Waals surface area contributed by atoms with Crippen molar-refractivity contribution < 1.29 is 9.13 Å². The maximum absolute atomic E-state index is 13.5. The Morgan fingerprint density at radius 1 is 1.35 bits per heavy atom. The van der Waals surface area contributed by atoms with Crippen LogP contribution in [0.5, 0.6) is 5.75 Å². The smallest absolute Gasteiger partial charge is 0.153 e. The van der Waals surface area contributed by atoms with E-state index in [-0.39, 0.29) is 5.69 Å². The fourth-order valence-electron chi connectivity index (χ4n) is 1.38. The van der Waals surface area contributed by atoms with Crippen LogP contribution in [-0.4, -0.2) is 12.1 Å². The predicted molar refractivity (Wildman–Crippen MR) is 64.9 cm³/mol. The average molecular weight is 233 g/mol. The Bertz CT molecular complexity index is 531. The van der Waals surface area contributed by atoms with Gasteiger partial charge < -0.3 is 15.8 Å². The number of nitrogens with zero attached hydrogens (tertiary/aromatic N) is 1. The Balaban J connectivity index is 2.32. The number of halogens is 1. The SMILES string of the molecule is COc1ccc(F)c(Nc2ncccc2N)c1. The Morgan fingerprint density at radius 2 is 2.18 bits per heavy atom. The highest BCUT2D eigenvalue weighted by molar-refractivity contribution is 5.69. The van der Waals surface area contributed by atoms with Crippen molar-refractivity contribution >= 4 is 17.2 Å². The zero-order chi connectivity index (χ0) is 12.3. The molecule has 1 aromatic carbocycles. The van der Waals surface area contributed by atoms with Gasteiger partial charge in [-0.05, 0) is 24.3 Å². The van der Waals surface area contributed by atoms with Crippen molar-refractivity contribution in [1.82, 2.24) is 4.98 Å². The molecule has 2 rings (SSSR count). The van der Waals surface area contributed by atoms with Gasteiger partial charge in [-0.1, -0.05) is 0 Å². The lowest BCUT2D eigenvalue weighted by molar-refractivity contribution is 0.414. The summed E-state index contributed by atoms with van der Waals surface area (Å²) in [6.07, 6.45) is 1.58. The summed E-state index contributed by atoms with van der Waals surface area (Å²) in [5.74, 6) is 0.582. The summed E-state index contributed by atoms with van der Waals surface area (Å²) in [7, 11) is 1.52. The summed E-state index contributed by atoms with van der Waals surface area (Å²) in [5.41, 5.74) is 6.44. The second-order valence-corrected chi connectivity index (χ2v) is 3.41. The molecule has 17 heavy (non-hydrogen) atoms. The summed E-state index contributed by atoms with van der Waals surface area (Å²) in [5, 5.41) is 2.82. The quantitative estimate of drug-likeness (QED) is 0.855. The number of ether oxygens (including phenoxy) is 1. The fraction of sp³-hybridized carbons (Fsp3) is 0.0833. The topological polar surface area (TPSA) is 60.2 Å². The van der Waals surface area contributed by atoms with Gasteiger partial charge >= 0.3 is 0 Å². The first-order valence-corrected chi connectivity index (χ1v) is 5.02. The molecular weight excluding hydrogens is 221 g/mol. The van der Waals surface area contributed by atoms with E-state index in [2.05, 4.69) is 10.3 Å². The van der Waals surface area contributed by atoms with Gasteiger partial charge in [-0.25, -0.2) is 9.37 Å². The van der Waals surface area contributed by atoms with E-state index in [1.54, 1.807) is 30.5 Å². The van der Waals surface area contributed by atoms with Crippen molar-refractivity contribution in [1.29, 1.82) is 0 Å². The number of nitrogen functional groups attached to an aromatic ring is 1. The number of aromatic nitrogens is 1. The third-order valence-corrected chi connectivity index (χ3v) is 2.27. The van der Waals surface area contributed by atoms with E-state index in [1.165, 1.54) is 13.2 Å². The highest BCUT2D eigenvalue weighted by atomic mass is 19.1. The number of anilines is 3. The minimum Gasteiger partial charge on any atom is -0.497 e. The van der Waals surface area contributed by atoms with Gasteiger partial charge in [-0.3, -0.25) is 0 Å². The second-order valence-electron chi connectivity index (χ2n) is 3.41. The number of benzene rings is 1. The molecule has 0 saturated carbocycles. The second kappa shape index (κ2) is 4.69. The number of methoxy groups -OCH3 is 1. The predicted octanol–water partition coefficient (Wildman–Crippen LogP) is 2.56. The molecule has 0 aliphatic carbocycles. The molecule has 3 N–H and O–H groups in total. The number of hydrogen-bond donors (Lipinski definition) is 2. The van der Waals surface area contributed by atoms with Gasteiger partial charge in [0.15, 0.2) is 5.82 Å². The highest BCUT2D eigenvalue weighted by Crippen LogP contribution is 2.25. The molecule has 0 spiro atoms. The van der Waals surface area contributed by atoms with E-state index >= 15 is 0 Å². The Labute approximate surface area is 98.2 Å². The largest absolute Gasteiger partial charge is 0.497 e. The van der Waals surface area contributed by atoms with Crippen LogP contribution in [0.15, 0.2) is 36.5 Å². The van der Waals surface area contributed by atoms with Gasteiger partial charge in [-0.15, -0.1) is 0 Å². The normalized spacial score (nSPS) is 10.0. The molecule has 1 aromatic heterocycles. The summed E-state index contributed by atoms with van der Waals surface area (Å²) in [6, 6.07) is 7.81. The Morgan fingerprint density at radius 3 is 2.88 bits per heavy atom. The van der Waals surface area contributed by atoms with Crippen LogP contribution in [0, 0.1) is 5.82 Å². The van der Waals surface area contributed by atoms with Crippen LogP contribution in [0.2, 0.25) is 0 Å². The number of hydrogen-bond acceptors (Lipinski definition) is 4. The molecule has 5 heteroatoms.